The lowest BCUT2D eigenvalue weighted by molar-refractivity contribution is 0.0389. The highest BCUT2D eigenvalue weighted by molar-refractivity contribution is 14.0. The van der Waals surface area contributed by atoms with Crippen molar-refractivity contribution in [2.24, 2.45) is 4.99 Å². The molecule has 8 heteroatoms. The maximum atomic E-state index is 5.98. The van der Waals surface area contributed by atoms with E-state index in [1.165, 1.54) is 12.8 Å². The van der Waals surface area contributed by atoms with E-state index in [1.807, 2.05) is 18.3 Å². The number of pyridine rings is 1. The van der Waals surface area contributed by atoms with Gasteiger partial charge in [0.2, 0.25) is 5.88 Å². The van der Waals surface area contributed by atoms with Gasteiger partial charge in [-0.3, -0.25) is 9.89 Å². The lowest BCUT2D eigenvalue weighted by Crippen LogP contribution is -2.44. The van der Waals surface area contributed by atoms with Crippen LogP contribution in [0.1, 0.15) is 31.2 Å². The van der Waals surface area contributed by atoms with Crippen LogP contribution in [-0.4, -0.2) is 68.4 Å². The molecule has 0 atom stereocenters. The van der Waals surface area contributed by atoms with E-state index in [0.29, 0.717) is 12.6 Å². The molecule has 7 nitrogen and oxygen atoms in total. The molecule has 0 radical (unpaired) electrons. The Morgan fingerprint density at radius 2 is 2.07 bits per heavy atom. The molecule has 0 amide bonds. The molecule has 2 fully saturated rings. The van der Waals surface area contributed by atoms with Crippen LogP contribution >= 0.6 is 24.0 Å². The predicted octanol–water partition coefficient (Wildman–Crippen LogP) is 2.02. The average molecular weight is 489 g/mol. The molecule has 0 bridgehead atoms. The molecule has 1 aromatic rings. The third-order valence-corrected chi connectivity index (χ3v) is 4.90. The summed E-state index contributed by atoms with van der Waals surface area (Å²) < 4.78 is 11.4. The van der Waals surface area contributed by atoms with Gasteiger partial charge in [-0.1, -0.05) is 0 Å². The number of nitrogens with one attached hydrogen (secondary N) is 2. The first-order valence-corrected chi connectivity index (χ1v) is 9.70. The molecular weight excluding hydrogens is 457 g/mol. The largest absolute Gasteiger partial charge is 0.474 e. The summed E-state index contributed by atoms with van der Waals surface area (Å²) in [5, 5.41) is 6.73. The van der Waals surface area contributed by atoms with E-state index in [4.69, 9.17) is 9.47 Å². The van der Waals surface area contributed by atoms with E-state index in [2.05, 4.69) is 25.5 Å². The van der Waals surface area contributed by atoms with Crippen molar-refractivity contribution >= 4 is 29.9 Å². The fourth-order valence-electron chi connectivity index (χ4n) is 3.37. The molecule has 0 aromatic carbocycles. The topological polar surface area (TPSA) is 71.0 Å². The molecule has 1 aliphatic carbocycles. The molecule has 0 unspecified atom stereocenters. The summed E-state index contributed by atoms with van der Waals surface area (Å²) in [5.74, 6) is 1.54. The quantitative estimate of drug-likeness (QED) is 0.347. The van der Waals surface area contributed by atoms with Crippen molar-refractivity contribution in [3.8, 4) is 5.88 Å². The van der Waals surface area contributed by atoms with Gasteiger partial charge in [0.1, 0.15) is 6.10 Å². The second-order valence-electron chi connectivity index (χ2n) is 6.83. The van der Waals surface area contributed by atoms with Crippen molar-refractivity contribution in [3.05, 3.63) is 23.9 Å². The van der Waals surface area contributed by atoms with Crippen LogP contribution in [0.15, 0.2) is 23.3 Å². The van der Waals surface area contributed by atoms with Crippen molar-refractivity contribution in [2.75, 3.05) is 46.4 Å². The van der Waals surface area contributed by atoms with Gasteiger partial charge in [0, 0.05) is 52.0 Å². The number of hydrogen-bond acceptors (Lipinski definition) is 5. The molecule has 1 aliphatic heterocycles. The molecule has 3 rings (SSSR count). The monoisotopic (exact) mass is 489 g/mol. The number of guanidine groups is 1. The first-order valence-electron chi connectivity index (χ1n) is 9.70. The molecule has 2 N–H and O–H groups in total. The minimum atomic E-state index is 0. The molecule has 2 heterocycles. The third-order valence-electron chi connectivity index (χ3n) is 4.90. The number of nitrogens with zero attached hydrogens (tertiary/aromatic N) is 3. The SMILES string of the molecule is CN=C(NCCN1CCOCC1)NCc1ccnc(OC2CCCC2)c1.I. The van der Waals surface area contributed by atoms with Crippen LogP contribution in [0.25, 0.3) is 0 Å². The number of rotatable bonds is 7. The summed E-state index contributed by atoms with van der Waals surface area (Å²) in [6.45, 7) is 6.25. The minimum Gasteiger partial charge on any atom is -0.474 e. The zero-order valence-corrected chi connectivity index (χ0v) is 18.5. The van der Waals surface area contributed by atoms with Gasteiger partial charge in [-0.2, -0.15) is 0 Å². The Balaban J connectivity index is 0.00000261. The van der Waals surface area contributed by atoms with Crippen LogP contribution < -0.4 is 15.4 Å². The van der Waals surface area contributed by atoms with Crippen molar-refractivity contribution in [2.45, 2.75) is 38.3 Å². The summed E-state index contributed by atoms with van der Waals surface area (Å²) in [4.78, 5) is 11.0. The normalized spacial score (nSPS) is 18.8. The minimum absolute atomic E-state index is 0. The van der Waals surface area contributed by atoms with Gasteiger partial charge in [0.25, 0.3) is 0 Å². The summed E-state index contributed by atoms with van der Waals surface area (Å²) in [6.07, 6.45) is 6.96. The molecule has 0 spiro atoms. The fraction of sp³-hybridized carbons (Fsp3) is 0.684. The van der Waals surface area contributed by atoms with Crippen LogP contribution in [0.4, 0.5) is 0 Å². The van der Waals surface area contributed by atoms with E-state index >= 15 is 0 Å². The number of halogens is 1. The van der Waals surface area contributed by atoms with E-state index in [-0.39, 0.29) is 24.0 Å². The number of morpholine rings is 1. The van der Waals surface area contributed by atoms with Crippen molar-refractivity contribution in [1.29, 1.82) is 0 Å². The van der Waals surface area contributed by atoms with Crippen LogP contribution in [0.5, 0.6) is 5.88 Å². The Hall–Kier alpha value is -1.13. The second-order valence-corrected chi connectivity index (χ2v) is 6.83. The molecule has 1 saturated heterocycles. The highest BCUT2D eigenvalue weighted by Crippen LogP contribution is 2.23. The number of ether oxygens (including phenoxy) is 2. The molecule has 1 saturated carbocycles. The Kier molecular flexibility index (Phi) is 10.1. The summed E-state index contributed by atoms with van der Waals surface area (Å²) in [7, 11) is 1.80. The number of hydrogen-bond donors (Lipinski definition) is 2. The number of aromatic nitrogens is 1. The van der Waals surface area contributed by atoms with Crippen LogP contribution in [-0.2, 0) is 11.3 Å². The second kappa shape index (κ2) is 12.4. The Labute approximate surface area is 179 Å². The zero-order chi connectivity index (χ0) is 18.0. The maximum absolute atomic E-state index is 5.98. The maximum Gasteiger partial charge on any atom is 0.213 e. The Bertz CT molecular complexity index is 575. The lowest BCUT2D eigenvalue weighted by Gasteiger charge is -2.26. The lowest BCUT2D eigenvalue weighted by atomic mass is 10.2. The Morgan fingerprint density at radius 1 is 1.30 bits per heavy atom. The third kappa shape index (κ3) is 7.79. The van der Waals surface area contributed by atoms with Crippen LogP contribution in [0, 0.1) is 0 Å². The van der Waals surface area contributed by atoms with Crippen molar-refractivity contribution in [3.63, 3.8) is 0 Å². The van der Waals surface area contributed by atoms with Gasteiger partial charge in [-0.25, -0.2) is 4.98 Å². The first kappa shape index (κ1) is 22.2. The Morgan fingerprint density at radius 3 is 2.81 bits per heavy atom. The van der Waals surface area contributed by atoms with E-state index in [0.717, 1.165) is 69.6 Å². The standard InChI is InChI=1S/C19H31N5O2.HI/c1-20-19(22-8-9-24-10-12-25-13-11-24)23-15-16-6-7-21-18(14-16)26-17-4-2-3-5-17;/h6-7,14,17H,2-5,8-13,15H2,1H3,(H2,20,22,23);1H. The van der Waals surface area contributed by atoms with Gasteiger partial charge in [-0.05, 0) is 37.3 Å². The van der Waals surface area contributed by atoms with Crippen molar-refractivity contribution < 1.29 is 9.47 Å². The highest BCUT2D eigenvalue weighted by Gasteiger charge is 2.17. The summed E-state index contributed by atoms with van der Waals surface area (Å²) >= 11 is 0. The first-order chi connectivity index (χ1) is 12.8. The number of aliphatic imine (C=N–C) groups is 1. The fourth-order valence-corrected chi connectivity index (χ4v) is 3.37. The molecule has 27 heavy (non-hydrogen) atoms. The van der Waals surface area contributed by atoms with Crippen LogP contribution in [0.2, 0.25) is 0 Å². The summed E-state index contributed by atoms with van der Waals surface area (Å²) in [6, 6.07) is 4.03. The smallest absolute Gasteiger partial charge is 0.213 e. The molecular formula is C19H32IN5O2. The van der Waals surface area contributed by atoms with Gasteiger partial charge in [-0.15, -0.1) is 24.0 Å². The predicted molar refractivity (Wildman–Crippen MR) is 118 cm³/mol. The zero-order valence-electron chi connectivity index (χ0n) is 16.2. The van der Waals surface area contributed by atoms with Crippen LogP contribution in [0.3, 0.4) is 0 Å². The highest BCUT2D eigenvalue weighted by atomic mass is 127. The van der Waals surface area contributed by atoms with E-state index in [1.54, 1.807) is 7.05 Å². The van der Waals surface area contributed by atoms with Crippen molar-refractivity contribution in [1.82, 2.24) is 20.5 Å². The molecule has 1 aromatic heterocycles. The molecule has 2 aliphatic rings. The van der Waals surface area contributed by atoms with Gasteiger partial charge >= 0.3 is 0 Å². The van der Waals surface area contributed by atoms with Gasteiger partial charge < -0.3 is 20.1 Å². The average Bonchev–Trinajstić information content (AvgIpc) is 3.18. The van der Waals surface area contributed by atoms with Gasteiger partial charge in [0.05, 0.1) is 13.2 Å². The summed E-state index contributed by atoms with van der Waals surface area (Å²) in [5.41, 5.74) is 1.14. The molecule has 152 valence electrons. The van der Waals surface area contributed by atoms with Gasteiger partial charge in [0.15, 0.2) is 5.96 Å². The van der Waals surface area contributed by atoms with E-state index in [9.17, 15) is 0 Å². The van der Waals surface area contributed by atoms with E-state index < -0.39 is 0 Å².